The van der Waals surface area contributed by atoms with Gasteiger partial charge in [0.25, 0.3) is 0 Å². The van der Waals surface area contributed by atoms with Gasteiger partial charge in [-0.15, -0.1) is 11.6 Å². The lowest BCUT2D eigenvalue weighted by Crippen LogP contribution is -2.44. The summed E-state index contributed by atoms with van der Waals surface area (Å²) in [6.07, 6.45) is 0.736. The molecule has 0 spiro atoms. The zero-order valence-electron chi connectivity index (χ0n) is 11.6. The Bertz CT molecular complexity index is 558. The van der Waals surface area contributed by atoms with E-state index in [0.29, 0.717) is 10.4 Å². The van der Waals surface area contributed by atoms with Gasteiger partial charge < -0.3 is 0 Å². The molecule has 0 atom stereocenters. The van der Waals surface area contributed by atoms with E-state index < -0.39 is 15.6 Å². The molecular formula is C13H19BrClNO2S. The van der Waals surface area contributed by atoms with Crippen LogP contribution in [0.2, 0.25) is 0 Å². The number of hydrogen-bond acceptors (Lipinski definition) is 2. The van der Waals surface area contributed by atoms with Gasteiger partial charge in [-0.1, -0.05) is 13.0 Å². The maximum Gasteiger partial charge on any atom is 0.244 e. The second kappa shape index (κ2) is 6.12. The Morgan fingerprint density at radius 1 is 1.37 bits per heavy atom. The molecule has 6 heteroatoms. The summed E-state index contributed by atoms with van der Waals surface area (Å²) in [4.78, 5) is 0.269. The quantitative estimate of drug-likeness (QED) is 0.737. The van der Waals surface area contributed by atoms with Crippen molar-refractivity contribution in [1.29, 1.82) is 0 Å². The van der Waals surface area contributed by atoms with Crippen molar-refractivity contribution in [3.05, 3.63) is 28.2 Å². The van der Waals surface area contributed by atoms with Gasteiger partial charge in [0.15, 0.2) is 0 Å². The maximum atomic E-state index is 12.6. The molecule has 0 saturated heterocycles. The third kappa shape index (κ3) is 3.51. The monoisotopic (exact) mass is 367 g/mol. The van der Waals surface area contributed by atoms with Gasteiger partial charge in [0.2, 0.25) is 10.0 Å². The molecule has 0 unspecified atom stereocenters. The molecule has 0 saturated carbocycles. The Hall–Kier alpha value is -0.100. The Balaban J connectivity index is 3.28. The molecule has 0 bridgehead atoms. The maximum absolute atomic E-state index is 12.6. The van der Waals surface area contributed by atoms with E-state index in [1.165, 1.54) is 4.31 Å². The minimum absolute atomic E-state index is 0.269. The minimum atomic E-state index is -3.52. The number of alkyl halides is 1. The van der Waals surface area contributed by atoms with Crippen molar-refractivity contribution in [2.24, 2.45) is 0 Å². The average Bonchev–Trinajstić information content (AvgIpc) is 2.37. The topological polar surface area (TPSA) is 37.4 Å². The fourth-order valence-electron chi connectivity index (χ4n) is 1.53. The van der Waals surface area contributed by atoms with Gasteiger partial charge in [-0.3, -0.25) is 0 Å². The van der Waals surface area contributed by atoms with Crippen LogP contribution in [0.3, 0.4) is 0 Å². The highest BCUT2D eigenvalue weighted by Crippen LogP contribution is 2.30. The summed E-state index contributed by atoms with van der Waals surface area (Å²) in [7, 11) is -1.91. The second-order valence-electron chi connectivity index (χ2n) is 5.04. The van der Waals surface area contributed by atoms with Crippen molar-refractivity contribution in [1.82, 2.24) is 4.31 Å². The molecule has 0 fully saturated rings. The van der Waals surface area contributed by atoms with Crippen molar-refractivity contribution >= 4 is 37.6 Å². The molecule has 108 valence electrons. The molecule has 1 aromatic carbocycles. The highest BCUT2D eigenvalue weighted by molar-refractivity contribution is 9.10. The molecule has 19 heavy (non-hydrogen) atoms. The molecule has 0 aliphatic heterocycles. The van der Waals surface area contributed by atoms with E-state index >= 15 is 0 Å². The summed E-state index contributed by atoms with van der Waals surface area (Å²) >= 11 is 9.06. The molecule has 0 aliphatic rings. The van der Waals surface area contributed by atoms with Crippen LogP contribution < -0.4 is 0 Å². The molecular weight excluding hydrogens is 350 g/mol. The molecule has 1 aromatic rings. The number of benzene rings is 1. The first-order valence-electron chi connectivity index (χ1n) is 6.00. The Kier molecular flexibility index (Phi) is 5.46. The zero-order valence-corrected chi connectivity index (χ0v) is 14.7. The summed E-state index contributed by atoms with van der Waals surface area (Å²) in [6, 6.07) is 5.07. The molecule has 0 heterocycles. The normalized spacial score (nSPS) is 13.0. The predicted octanol–water partition coefficient (Wildman–Crippen LogP) is 4.00. The van der Waals surface area contributed by atoms with Crippen LogP contribution in [-0.4, -0.2) is 25.3 Å². The van der Waals surface area contributed by atoms with E-state index in [-0.39, 0.29) is 4.90 Å². The van der Waals surface area contributed by atoms with Gasteiger partial charge in [0.1, 0.15) is 0 Å². The van der Waals surface area contributed by atoms with Gasteiger partial charge in [0.05, 0.1) is 4.90 Å². The van der Waals surface area contributed by atoms with Crippen LogP contribution in [0.1, 0.15) is 32.8 Å². The molecule has 0 aromatic heterocycles. The van der Waals surface area contributed by atoms with Crippen molar-refractivity contribution in [3.8, 4) is 0 Å². The highest BCUT2D eigenvalue weighted by atomic mass is 79.9. The number of nitrogens with zero attached hydrogens (tertiary/aromatic N) is 1. The third-order valence-corrected chi connectivity index (χ3v) is 6.86. The number of hydrogen-bond donors (Lipinski definition) is 0. The first-order valence-corrected chi connectivity index (χ1v) is 8.77. The van der Waals surface area contributed by atoms with Crippen LogP contribution in [0.5, 0.6) is 0 Å². The summed E-state index contributed by atoms with van der Waals surface area (Å²) in [5, 5.41) is 0. The van der Waals surface area contributed by atoms with E-state index in [1.807, 2.05) is 20.8 Å². The Morgan fingerprint density at radius 3 is 2.37 bits per heavy atom. The van der Waals surface area contributed by atoms with Crippen molar-refractivity contribution in [2.75, 3.05) is 7.05 Å². The molecule has 0 N–H and O–H groups in total. The zero-order chi connectivity index (χ0) is 14.8. The fraction of sp³-hybridized carbons (Fsp3) is 0.538. The lowest BCUT2D eigenvalue weighted by atomic mass is 10.0. The van der Waals surface area contributed by atoms with E-state index in [4.69, 9.17) is 11.6 Å². The largest absolute Gasteiger partial charge is 0.244 e. The van der Waals surface area contributed by atoms with Crippen LogP contribution in [0, 0.1) is 0 Å². The fourth-order valence-corrected chi connectivity index (χ4v) is 4.36. The van der Waals surface area contributed by atoms with Crippen LogP contribution in [-0.2, 0) is 15.9 Å². The van der Waals surface area contributed by atoms with Crippen LogP contribution >= 0.6 is 27.5 Å². The van der Waals surface area contributed by atoms with Crippen molar-refractivity contribution < 1.29 is 8.42 Å². The third-order valence-electron chi connectivity index (χ3n) is 3.51. The molecule has 0 radical (unpaired) electrons. The van der Waals surface area contributed by atoms with E-state index in [2.05, 4.69) is 15.9 Å². The highest BCUT2D eigenvalue weighted by Gasteiger charge is 2.33. The lowest BCUT2D eigenvalue weighted by molar-refractivity contribution is 0.257. The molecule has 0 aliphatic carbocycles. The lowest BCUT2D eigenvalue weighted by Gasteiger charge is -2.34. The van der Waals surface area contributed by atoms with Gasteiger partial charge >= 0.3 is 0 Å². The van der Waals surface area contributed by atoms with E-state index in [1.54, 1.807) is 25.2 Å². The number of rotatable bonds is 5. The Labute approximate surface area is 129 Å². The van der Waals surface area contributed by atoms with Crippen LogP contribution in [0.4, 0.5) is 0 Å². The van der Waals surface area contributed by atoms with E-state index in [9.17, 15) is 8.42 Å². The SMILES string of the molecule is CCC(C)(C)N(C)S(=O)(=O)c1ccc(CCl)cc1Br. The van der Waals surface area contributed by atoms with Crippen molar-refractivity contribution in [3.63, 3.8) is 0 Å². The number of sulfonamides is 1. The first-order chi connectivity index (χ1) is 8.66. The minimum Gasteiger partial charge on any atom is -0.207 e. The summed E-state index contributed by atoms with van der Waals surface area (Å²) in [5.74, 6) is 0.356. The second-order valence-corrected chi connectivity index (χ2v) is 8.10. The first kappa shape index (κ1) is 17.0. The molecule has 3 nitrogen and oxygen atoms in total. The summed E-state index contributed by atoms with van der Waals surface area (Å²) in [6.45, 7) is 5.79. The van der Waals surface area contributed by atoms with E-state index in [0.717, 1.165) is 12.0 Å². The van der Waals surface area contributed by atoms with Gasteiger partial charge in [0, 0.05) is 22.9 Å². The van der Waals surface area contributed by atoms with Gasteiger partial charge in [-0.05, 0) is 53.9 Å². The summed E-state index contributed by atoms with van der Waals surface area (Å²) in [5.41, 5.74) is 0.452. The van der Waals surface area contributed by atoms with Gasteiger partial charge in [-0.2, -0.15) is 4.31 Å². The van der Waals surface area contributed by atoms with Gasteiger partial charge in [-0.25, -0.2) is 8.42 Å². The van der Waals surface area contributed by atoms with Crippen LogP contribution in [0.25, 0.3) is 0 Å². The standard InChI is InChI=1S/C13H19BrClNO2S/c1-5-13(2,3)16(4)19(17,18)12-7-6-10(9-15)8-11(12)14/h6-8H,5,9H2,1-4H3. The smallest absolute Gasteiger partial charge is 0.207 e. The van der Waals surface area contributed by atoms with Crippen molar-refractivity contribution in [2.45, 2.75) is 43.5 Å². The van der Waals surface area contributed by atoms with Crippen LogP contribution in [0.15, 0.2) is 27.6 Å². The predicted molar refractivity (Wildman–Crippen MR) is 83.0 cm³/mol. The summed E-state index contributed by atoms with van der Waals surface area (Å²) < 4.78 is 27.2. The Morgan fingerprint density at radius 2 is 1.95 bits per heavy atom. The number of halogens is 2. The average molecular weight is 369 g/mol. The molecule has 1 rings (SSSR count). The molecule has 0 amide bonds.